The number of hydrogen-bond donors (Lipinski definition) is 2. The summed E-state index contributed by atoms with van der Waals surface area (Å²) in [5.74, 6) is -1.16. The molecule has 2 N–H and O–H groups in total. The number of amides is 2. The van der Waals surface area contributed by atoms with Crippen molar-refractivity contribution < 1.29 is 14.5 Å². The topological polar surface area (TPSA) is 119 Å². The van der Waals surface area contributed by atoms with Gasteiger partial charge in [-0.3, -0.25) is 35.2 Å². The van der Waals surface area contributed by atoms with Gasteiger partial charge in [-0.1, -0.05) is 29.8 Å². The maximum atomic E-state index is 12.2. The van der Waals surface area contributed by atoms with Gasteiger partial charge in [-0.05, 0) is 23.8 Å². The summed E-state index contributed by atoms with van der Waals surface area (Å²) in [7, 11) is 0. The number of benzene rings is 2. The van der Waals surface area contributed by atoms with Crippen LogP contribution in [0.4, 0.5) is 5.69 Å². The first-order valence-corrected chi connectivity index (χ1v) is 8.43. The van der Waals surface area contributed by atoms with Crippen LogP contribution in [0.2, 0.25) is 5.02 Å². The molecule has 0 fully saturated rings. The monoisotopic (exact) mass is 399 g/mol. The molecule has 10 heteroatoms. The smallest absolute Gasteiger partial charge is 0.267 e. The molecule has 2 amide bonds. The minimum atomic E-state index is -0.605. The Morgan fingerprint density at radius 2 is 1.68 bits per heavy atom. The van der Waals surface area contributed by atoms with Crippen LogP contribution < -0.4 is 10.9 Å². The number of nitrogens with zero attached hydrogens (tertiary/aromatic N) is 3. The maximum absolute atomic E-state index is 12.2. The van der Waals surface area contributed by atoms with Crippen LogP contribution >= 0.6 is 11.6 Å². The lowest BCUT2D eigenvalue weighted by atomic mass is 10.2. The fourth-order valence-electron chi connectivity index (χ4n) is 2.36. The van der Waals surface area contributed by atoms with E-state index >= 15 is 0 Å². The first-order chi connectivity index (χ1) is 13.4. The number of aromatic nitrogens is 2. The van der Waals surface area contributed by atoms with Crippen molar-refractivity contribution >= 4 is 29.1 Å². The molecule has 0 saturated carbocycles. The summed E-state index contributed by atoms with van der Waals surface area (Å²) >= 11 is 6.11. The Kier molecular flexibility index (Phi) is 5.66. The SMILES string of the molecule is O=C(NNC(=O)c1cnn(Cc2ccccc2Cl)c1)c1ccc([N+](=O)[O-])cc1. The molecular formula is C18H14ClN5O4. The Morgan fingerprint density at radius 1 is 1.04 bits per heavy atom. The molecule has 2 aromatic carbocycles. The molecule has 0 aliphatic rings. The molecule has 1 aromatic heterocycles. The second-order valence-corrected chi connectivity index (χ2v) is 6.14. The van der Waals surface area contributed by atoms with Crippen LogP contribution in [-0.4, -0.2) is 26.5 Å². The Balaban J connectivity index is 1.58. The molecule has 0 bridgehead atoms. The van der Waals surface area contributed by atoms with E-state index in [0.717, 1.165) is 5.56 Å². The fourth-order valence-corrected chi connectivity index (χ4v) is 2.56. The van der Waals surface area contributed by atoms with Crippen molar-refractivity contribution in [3.05, 3.63) is 92.8 Å². The quantitative estimate of drug-likeness (QED) is 0.504. The Morgan fingerprint density at radius 3 is 2.32 bits per heavy atom. The molecule has 0 atom stereocenters. The van der Waals surface area contributed by atoms with Gasteiger partial charge in [-0.15, -0.1) is 0 Å². The average molecular weight is 400 g/mol. The third-order valence-electron chi connectivity index (χ3n) is 3.82. The van der Waals surface area contributed by atoms with E-state index in [4.69, 9.17) is 11.6 Å². The van der Waals surface area contributed by atoms with Crippen LogP contribution in [0.3, 0.4) is 0 Å². The van der Waals surface area contributed by atoms with Crippen molar-refractivity contribution in [2.24, 2.45) is 0 Å². The zero-order valence-electron chi connectivity index (χ0n) is 14.3. The van der Waals surface area contributed by atoms with E-state index in [-0.39, 0.29) is 16.8 Å². The van der Waals surface area contributed by atoms with E-state index in [9.17, 15) is 19.7 Å². The summed E-state index contributed by atoms with van der Waals surface area (Å²) < 4.78 is 1.55. The highest BCUT2D eigenvalue weighted by molar-refractivity contribution is 6.31. The predicted octanol–water partition coefficient (Wildman–Crippen LogP) is 2.57. The molecule has 3 aromatic rings. The fraction of sp³-hybridized carbons (Fsp3) is 0.0556. The number of hydrogen-bond acceptors (Lipinski definition) is 5. The highest BCUT2D eigenvalue weighted by Gasteiger charge is 2.13. The van der Waals surface area contributed by atoms with E-state index in [1.54, 1.807) is 10.7 Å². The lowest BCUT2D eigenvalue weighted by molar-refractivity contribution is -0.384. The van der Waals surface area contributed by atoms with Crippen molar-refractivity contribution in [2.45, 2.75) is 6.54 Å². The molecule has 0 saturated heterocycles. The summed E-state index contributed by atoms with van der Waals surface area (Å²) in [5, 5.41) is 15.3. The number of carbonyl (C=O) groups excluding carboxylic acids is 2. The van der Waals surface area contributed by atoms with Gasteiger partial charge < -0.3 is 0 Å². The molecule has 28 heavy (non-hydrogen) atoms. The first kappa shape index (κ1) is 19.1. The first-order valence-electron chi connectivity index (χ1n) is 8.05. The zero-order valence-corrected chi connectivity index (χ0v) is 15.1. The highest BCUT2D eigenvalue weighted by atomic mass is 35.5. The Bertz CT molecular complexity index is 1030. The molecule has 0 radical (unpaired) electrons. The van der Waals surface area contributed by atoms with Crippen LogP contribution in [0.1, 0.15) is 26.3 Å². The van der Waals surface area contributed by atoms with Gasteiger partial charge in [-0.2, -0.15) is 5.10 Å². The number of halogens is 1. The molecule has 9 nitrogen and oxygen atoms in total. The van der Waals surface area contributed by atoms with Gasteiger partial charge in [0.05, 0.1) is 23.2 Å². The van der Waals surface area contributed by atoms with Crippen molar-refractivity contribution in [1.29, 1.82) is 0 Å². The van der Waals surface area contributed by atoms with Crippen LogP contribution in [0.15, 0.2) is 60.9 Å². The van der Waals surface area contributed by atoms with Crippen LogP contribution in [0.25, 0.3) is 0 Å². The summed E-state index contributed by atoms with van der Waals surface area (Å²) in [4.78, 5) is 34.2. The molecule has 0 aliphatic carbocycles. The van der Waals surface area contributed by atoms with E-state index in [1.165, 1.54) is 36.7 Å². The Hall–Kier alpha value is -3.72. The molecule has 142 valence electrons. The number of nitrogens with one attached hydrogen (secondary N) is 2. The number of hydrazine groups is 1. The van der Waals surface area contributed by atoms with Crippen molar-refractivity contribution in [1.82, 2.24) is 20.6 Å². The summed E-state index contributed by atoms with van der Waals surface area (Å²) in [6.07, 6.45) is 2.89. The largest absolute Gasteiger partial charge is 0.272 e. The molecular weight excluding hydrogens is 386 g/mol. The van der Waals surface area contributed by atoms with Crippen molar-refractivity contribution in [3.8, 4) is 0 Å². The second kappa shape index (κ2) is 8.31. The number of nitro benzene ring substituents is 1. The van der Waals surface area contributed by atoms with Crippen LogP contribution in [-0.2, 0) is 6.54 Å². The van der Waals surface area contributed by atoms with E-state index in [1.807, 2.05) is 18.2 Å². The average Bonchev–Trinajstić information content (AvgIpc) is 3.16. The van der Waals surface area contributed by atoms with Crippen LogP contribution in [0.5, 0.6) is 0 Å². The van der Waals surface area contributed by atoms with E-state index < -0.39 is 16.7 Å². The van der Waals surface area contributed by atoms with Gasteiger partial charge in [0.25, 0.3) is 17.5 Å². The van der Waals surface area contributed by atoms with Gasteiger partial charge in [0, 0.05) is 28.9 Å². The number of non-ortho nitro benzene ring substituents is 1. The molecule has 0 unspecified atom stereocenters. The number of rotatable bonds is 5. The number of nitro groups is 1. The van der Waals surface area contributed by atoms with Gasteiger partial charge >= 0.3 is 0 Å². The van der Waals surface area contributed by atoms with Gasteiger partial charge in [0.1, 0.15) is 0 Å². The zero-order chi connectivity index (χ0) is 20.1. The molecule has 0 spiro atoms. The standard InChI is InChI=1S/C18H14ClN5O4/c19-16-4-2-1-3-13(16)10-23-11-14(9-20-23)18(26)22-21-17(25)12-5-7-15(8-6-12)24(27)28/h1-9,11H,10H2,(H,21,25)(H,22,26). The van der Waals surface area contributed by atoms with E-state index in [0.29, 0.717) is 11.6 Å². The minimum absolute atomic E-state index is 0.133. The van der Waals surface area contributed by atoms with Gasteiger partial charge in [0.15, 0.2) is 0 Å². The molecule has 0 aliphatic heterocycles. The van der Waals surface area contributed by atoms with Crippen molar-refractivity contribution in [2.75, 3.05) is 0 Å². The minimum Gasteiger partial charge on any atom is -0.267 e. The summed E-state index contributed by atoms with van der Waals surface area (Å²) in [6, 6.07) is 12.3. The Labute approximate surface area is 164 Å². The van der Waals surface area contributed by atoms with Crippen LogP contribution in [0, 0.1) is 10.1 Å². The van der Waals surface area contributed by atoms with Crippen molar-refractivity contribution in [3.63, 3.8) is 0 Å². The lowest BCUT2D eigenvalue weighted by Crippen LogP contribution is -2.41. The lowest BCUT2D eigenvalue weighted by Gasteiger charge is -2.06. The highest BCUT2D eigenvalue weighted by Crippen LogP contribution is 2.16. The number of carbonyl (C=O) groups is 2. The van der Waals surface area contributed by atoms with Gasteiger partial charge in [0.2, 0.25) is 0 Å². The summed E-state index contributed by atoms with van der Waals surface area (Å²) in [6.45, 7) is 0.391. The van der Waals surface area contributed by atoms with E-state index in [2.05, 4.69) is 16.0 Å². The van der Waals surface area contributed by atoms with Gasteiger partial charge in [-0.25, -0.2) is 0 Å². The maximum Gasteiger partial charge on any atom is 0.272 e. The second-order valence-electron chi connectivity index (χ2n) is 5.73. The molecule has 1 heterocycles. The third kappa shape index (κ3) is 4.51. The summed E-state index contributed by atoms with van der Waals surface area (Å²) in [5.41, 5.74) is 5.65. The predicted molar refractivity (Wildman–Crippen MR) is 101 cm³/mol. The third-order valence-corrected chi connectivity index (χ3v) is 4.18. The normalized spacial score (nSPS) is 10.3. The molecule has 3 rings (SSSR count).